The molecule has 1 aliphatic heterocycles. The molecule has 3 atom stereocenters. The molecule has 2 rings (SSSR count). The first-order chi connectivity index (χ1) is 8.61. The SMILES string of the molecule is Cc1ccccc1C(C(C)N)N1CCCCC1C. The molecular weight excluding hydrogens is 220 g/mol. The Bertz CT molecular complexity index is 386. The van der Waals surface area contributed by atoms with Crippen LogP contribution >= 0.6 is 0 Å². The maximum atomic E-state index is 6.29. The van der Waals surface area contributed by atoms with E-state index in [9.17, 15) is 0 Å². The summed E-state index contributed by atoms with van der Waals surface area (Å²) in [6.45, 7) is 7.85. The summed E-state index contributed by atoms with van der Waals surface area (Å²) in [6, 6.07) is 9.86. The lowest BCUT2D eigenvalue weighted by Crippen LogP contribution is -2.46. The molecule has 2 N–H and O–H groups in total. The first kappa shape index (κ1) is 13.6. The molecule has 0 amide bonds. The molecule has 0 aliphatic carbocycles. The zero-order valence-electron chi connectivity index (χ0n) is 11.9. The van der Waals surface area contributed by atoms with Crippen LogP contribution in [0.15, 0.2) is 24.3 Å². The van der Waals surface area contributed by atoms with Gasteiger partial charge in [-0.05, 0) is 51.3 Å². The van der Waals surface area contributed by atoms with Gasteiger partial charge in [-0.25, -0.2) is 0 Å². The highest BCUT2D eigenvalue weighted by molar-refractivity contribution is 5.30. The second kappa shape index (κ2) is 5.85. The normalized spacial score (nSPS) is 24.8. The fraction of sp³-hybridized carbons (Fsp3) is 0.625. The van der Waals surface area contributed by atoms with E-state index >= 15 is 0 Å². The molecule has 0 aromatic heterocycles. The number of aryl methyl sites for hydroxylation is 1. The van der Waals surface area contributed by atoms with Crippen LogP contribution in [-0.2, 0) is 0 Å². The summed E-state index contributed by atoms with van der Waals surface area (Å²) in [6.07, 6.45) is 3.96. The number of rotatable bonds is 3. The van der Waals surface area contributed by atoms with Crippen LogP contribution in [0.5, 0.6) is 0 Å². The van der Waals surface area contributed by atoms with Gasteiger partial charge in [0, 0.05) is 12.1 Å². The Labute approximate surface area is 111 Å². The molecule has 1 aliphatic rings. The first-order valence-corrected chi connectivity index (χ1v) is 7.18. The minimum atomic E-state index is 0.173. The van der Waals surface area contributed by atoms with Gasteiger partial charge in [0.25, 0.3) is 0 Å². The zero-order valence-corrected chi connectivity index (χ0v) is 11.9. The van der Waals surface area contributed by atoms with Gasteiger partial charge in [-0.1, -0.05) is 30.7 Å². The highest BCUT2D eigenvalue weighted by atomic mass is 15.2. The summed E-state index contributed by atoms with van der Waals surface area (Å²) in [5.41, 5.74) is 9.05. The van der Waals surface area contributed by atoms with Gasteiger partial charge in [0.2, 0.25) is 0 Å². The molecule has 1 aromatic carbocycles. The van der Waals surface area contributed by atoms with Gasteiger partial charge in [-0.2, -0.15) is 0 Å². The van der Waals surface area contributed by atoms with Crippen molar-refractivity contribution >= 4 is 0 Å². The minimum absolute atomic E-state index is 0.173. The molecule has 1 fully saturated rings. The third-order valence-electron chi connectivity index (χ3n) is 4.22. The Morgan fingerprint density at radius 3 is 2.61 bits per heavy atom. The van der Waals surface area contributed by atoms with Crippen LogP contribution in [0, 0.1) is 6.92 Å². The average Bonchev–Trinajstić information content (AvgIpc) is 2.34. The molecule has 0 saturated carbocycles. The lowest BCUT2D eigenvalue weighted by Gasteiger charge is -2.42. The van der Waals surface area contributed by atoms with Crippen molar-refractivity contribution in [2.24, 2.45) is 5.73 Å². The van der Waals surface area contributed by atoms with Crippen LogP contribution in [0.4, 0.5) is 0 Å². The molecule has 3 unspecified atom stereocenters. The monoisotopic (exact) mass is 246 g/mol. The molecule has 0 bridgehead atoms. The van der Waals surface area contributed by atoms with Crippen molar-refractivity contribution in [1.82, 2.24) is 4.90 Å². The van der Waals surface area contributed by atoms with Crippen LogP contribution in [0.1, 0.15) is 50.3 Å². The molecule has 1 aromatic rings. The van der Waals surface area contributed by atoms with Crippen LogP contribution in [0.2, 0.25) is 0 Å². The van der Waals surface area contributed by atoms with Crippen molar-refractivity contribution in [2.45, 2.75) is 58.2 Å². The summed E-state index contributed by atoms with van der Waals surface area (Å²) < 4.78 is 0. The summed E-state index contributed by atoms with van der Waals surface area (Å²) in [5, 5.41) is 0. The summed E-state index contributed by atoms with van der Waals surface area (Å²) in [4.78, 5) is 2.61. The largest absolute Gasteiger partial charge is 0.326 e. The molecular formula is C16H26N2. The van der Waals surface area contributed by atoms with Crippen LogP contribution in [-0.4, -0.2) is 23.5 Å². The summed E-state index contributed by atoms with van der Waals surface area (Å²) in [7, 11) is 0. The van der Waals surface area contributed by atoms with E-state index in [1.165, 1.54) is 36.9 Å². The standard InChI is InChI=1S/C16H26N2/c1-12-8-4-5-10-15(12)16(14(3)17)18-11-7-6-9-13(18)2/h4-5,8,10,13-14,16H,6-7,9,11,17H2,1-3H3. The molecule has 1 saturated heterocycles. The van der Waals surface area contributed by atoms with E-state index in [1.807, 2.05) is 0 Å². The molecule has 2 nitrogen and oxygen atoms in total. The number of hydrogen-bond acceptors (Lipinski definition) is 2. The van der Waals surface area contributed by atoms with Crippen molar-refractivity contribution in [1.29, 1.82) is 0 Å². The quantitative estimate of drug-likeness (QED) is 0.887. The van der Waals surface area contributed by atoms with E-state index in [4.69, 9.17) is 5.73 Å². The maximum Gasteiger partial charge on any atom is 0.0501 e. The average molecular weight is 246 g/mol. The van der Waals surface area contributed by atoms with Crippen LogP contribution in [0.3, 0.4) is 0 Å². The van der Waals surface area contributed by atoms with Crippen LogP contribution in [0.25, 0.3) is 0 Å². The maximum absolute atomic E-state index is 6.29. The van der Waals surface area contributed by atoms with Crippen LogP contribution < -0.4 is 5.73 Å². The van der Waals surface area contributed by atoms with Crippen molar-refractivity contribution in [3.8, 4) is 0 Å². The molecule has 2 heteroatoms. The number of hydrogen-bond donors (Lipinski definition) is 1. The smallest absolute Gasteiger partial charge is 0.0501 e. The molecule has 100 valence electrons. The fourth-order valence-electron chi connectivity index (χ4n) is 3.22. The van der Waals surface area contributed by atoms with Crippen molar-refractivity contribution in [2.75, 3.05) is 6.54 Å². The Morgan fingerprint density at radius 2 is 2.00 bits per heavy atom. The van der Waals surface area contributed by atoms with Gasteiger partial charge in [-0.15, -0.1) is 0 Å². The fourth-order valence-corrected chi connectivity index (χ4v) is 3.22. The van der Waals surface area contributed by atoms with E-state index in [-0.39, 0.29) is 6.04 Å². The predicted molar refractivity (Wildman–Crippen MR) is 77.6 cm³/mol. The number of benzene rings is 1. The van der Waals surface area contributed by atoms with Gasteiger partial charge in [0.1, 0.15) is 0 Å². The molecule has 0 spiro atoms. The highest BCUT2D eigenvalue weighted by Gasteiger charge is 2.30. The van der Waals surface area contributed by atoms with E-state index in [1.54, 1.807) is 0 Å². The van der Waals surface area contributed by atoms with E-state index in [2.05, 4.69) is 49.9 Å². The van der Waals surface area contributed by atoms with Gasteiger partial charge >= 0.3 is 0 Å². The van der Waals surface area contributed by atoms with Crippen molar-refractivity contribution in [3.05, 3.63) is 35.4 Å². The van der Waals surface area contributed by atoms with Gasteiger partial charge in [0.15, 0.2) is 0 Å². The summed E-state index contributed by atoms with van der Waals surface area (Å²) >= 11 is 0. The zero-order chi connectivity index (χ0) is 13.1. The number of nitrogens with two attached hydrogens (primary N) is 1. The Balaban J connectivity index is 2.31. The van der Waals surface area contributed by atoms with Crippen molar-refractivity contribution in [3.63, 3.8) is 0 Å². The van der Waals surface area contributed by atoms with E-state index in [0.29, 0.717) is 12.1 Å². The number of nitrogens with zero attached hydrogens (tertiary/aromatic N) is 1. The second-order valence-electron chi connectivity index (χ2n) is 5.74. The number of likely N-dealkylation sites (tertiary alicyclic amines) is 1. The Kier molecular flexibility index (Phi) is 4.41. The summed E-state index contributed by atoms with van der Waals surface area (Å²) in [5.74, 6) is 0. The Hall–Kier alpha value is -0.860. The third kappa shape index (κ3) is 2.76. The molecule has 0 radical (unpaired) electrons. The van der Waals surface area contributed by atoms with Gasteiger partial charge in [-0.3, -0.25) is 4.90 Å². The van der Waals surface area contributed by atoms with E-state index in [0.717, 1.165) is 0 Å². The van der Waals surface area contributed by atoms with Gasteiger partial charge in [0.05, 0.1) is 6.04 Å². The topological polar surface area (TPSA) is 29.3 Å². The predicted octanol–water partition coefficient (Wildman–Crippen LogP) is 3.26. The molecule has 1 heterocycles. The van der Waals surface area contributed by atoms with Crippen molar-refractivity contribution < 1.29 is 0 Å². The minimum Gasteiger partial charge on any atom is -0.326 e. The molecule has 18 heavy (non-hydrogen) atoms. The lowest BCUT2D eigenvalue weighted by atomic mass is 9.91. The first-order valence-electron chi connectivity index (χ1n) is 7.18. The Morgan fingerprint density at radius 1 is 1.28 bits per heavy atom. The van der Waals surface area contributed by atoms with Gasteiger partial charge < -0.3 is 5.73 Å². The number of piperidine rings is 1. The third-order valence-corrected chi connectivity index (χ3v) is 4.22. The second-order valence-corrected chi connectivity index (χ2v) is 5.74. The van der Waals surface area contributed by atoms with E-state index < -0.39 is 0 Å². The highest BCUT2D eigenvalue weighted by Crippen LogP contribution is 2.31. The lowest BCUT2D eigenvalue weighted by molar-refractivity contribution is 0.0920.